The Hall–Kier alpha value is -3.17. The Labute approximate surface area is 297 Å². The molecule has 7 nitrogen and oxygen atoms in total. The van der Waals surface area contributed by atoms with Gasteiger partial charge in [0.05, 0.1) is 22.1 Å². The molecule has 2 heterocycles. The maximum atomic E-state index is 13.9. The summed E-state index contributed by atoms with van der Waals surface area (Å²) >= 11 is 6.82. The van der Waals surface area contributed by atoms with E-state index in [1.807, 2.05) is 55.5 Å². The maximum absolute atomic E-state index is 13.9. The van der Waals surface area contributed by atoms with Crippen molar-refractivity contribution in [3.05, 3.63) is 95.0 Å². The Balaban J connectivity index is 1.44. The average molecular weight is 708 g/mol. The second-order valence-electron chi connectivity index (χ2n) is 14.8. The van der Waals surface area contributed by atoms with Crippen LogP contribution >= 0.6 is 11.6 Å². The van der Waals surface area contributed by atoms with Gasteiger partial charge >= 0.3 is 5.97 Å². The lowest BCUT2D eigenvalue weighted by Gasteiger charge is -2.54. The molecule has 2 aliphatic rings. The van der Waals surface area contributed by atoms with Crippen LogP contribution in [0.5, 0.6) is 5.75 Å². The first kappa shape index (κ1) is 37.1. The molecular formula is C40H50ClNO6S. The number of carboxylic acids is 1. The van der Waals surface area contributed by atoms with E-state index in [1.165, 1.54) is 0 Å². The van der Waals surface area contributed by atoms with E-state index in [9.17, 15) is 18.3 Å². The summed E-state index contributed by atoms with van der Waals surface area (Å²) in [4.78, 5) is 11.8. The molecule has 0 aliphatic carbocycles. The number of ether oxygens (including phenoxy) is 2. The second kappa shape index (κ2) is 15.0. The molecule has 0 radical (unpaired) electrons. The number of nitrogens with zero attached hydrogens (tertiary/aromatic N) is 1. The summed E-state index contributed by atoms with van der Waals surface area (Å²) in [6.45, 7) is 15.2. The van der Waals surface area contributed by atoms with Crippen molar-refractivity contribution in [2.24, 2.45) is 11.3 Å². The average Bonchev–Trinajstić information content (AvgIpc) is 3.07. The lowest BCUT2D eigenvalue weighted by Crippen LogP contribution is -2.53. The van der Waals surface area contributed by atoms with Crippen LogP contribution in [0.1, 0.15) is 90.4 Å². The molecule has 2 fully saturated rings. The van der Waals surface area contributed by atoms with Gasteiger partial charge in [-0.15, -0.1) is 0 Å². The molecule has 2 aliphatic heterocycles. The number of aliphatic carboxylic acids is 1. The van der Waals surface area contributed by atoms with Gasteiger partial charge in [-0.2, -0.15) is 4.31 Å². The van der Waals surface area contributed by atoms with Crippen molar-refractivity contribution in [1.29, 1.82) is 0 Å². The van der Waals surface area contributed by atoms with Gasteiger partial charge in [0.2, 0.25) is 10.0 Å². The van der Waals surface area contributed by atoms with Crippen LogP contribution in [0.25, 0.3) is 11.1 Å². The van der Waals surface area contributed by atoms with Crippen LogP contribution in [0.4, 0.5) is 0 Å². The molecule has 9 heteroatoms. The lowest BCUT2D eigenvalue weighted by molar-refractivity contribution is -0.170. The zero-order valence-electron chi connectivity index (χ0n) is 29.4. The molecule has 0 saturated carbocycles. The summed E-state index contributed by atoms with van der Waals surface area (Å²) < 4.78 is 42.4. The molecule has 3 aromatic carbocycles. The van der Waals surface area contributed by atoms with E-state index >= 15 is 0 Å². The molecule has 2 saturated heterocycles. The molecular weight excluding hydrogens is 658 g/mol. The van der Waals surface area contributed by atoms with Crippen LogP contribution in [0.3, 0.4) is 0 Å². The highest BCUT2D eigenvalue weighted by Gasteiger charge is 2.51. The fraction of sp³-hybridized carbons (Fsp3) is 0.475. The highest BCUT2D eigenvalue weighted by molar-refractivity contribution is 7.89. The third-order valence-corrected chi connectivity index (χ3v) is 12.5. The highest BCUT2D eigenvalue weighted by atomic mass is 35.5. The molecule has 1 N–H and O–H groups in total. The fourth-order valence-electron chi connectivity index (χ4n) is 7.42. The molecule has 49 heavy (non-hydrogen) atoms. The summed E-state index contributed by atoms with van der Waals surface area (Å²) in [6.07, 6.45) is 4.35. The minimum absolute atomic E-state index is 0.106. The first-order valence-corrected chi connectivity index (χ1v) is 19.1. The van der Waals surface area contributed by atoms with E-state index < -0.39 is 28.7 Å². The van der Waals surface area contributed by atoms with Gasteiger partial charge in [0.25, 0.3) is 0 Å². The van der Waals surface area contributed by atoms with E-state index in [0.29, 0.717) is 41.6 Å². The van der Waals surface area contributed by atoms with E-state index in [2.05, 4.69) is 40.3 Å². The van der Waals surface area contributed by atoms with Crippen molar-refractivity contribution >= 4 is 27.6 Å². The first-order valence-electron chi connectivity index (χ1n) is 17.3. The minimum atomic E-state index is -3.68. The molecule has 5 rings (SSSR count). The summed E-state index contributed by atoms with van der Waals surface area (Å²) in [7, 11) is -3.68. The molecule has 3 aromatic rings. The van der Waals surface area contributed by atoms with E-state index in [4.69, 9.17) is 21.1 Å². The van der Waals surface area contributed by atoms with E-state index in [1.54, 1.807) is 16.4 Å². The third kappa shape index (κ3) is 8.09. The highest BCUT2D eigenvalue weighted by Crippen LogP contribution is 2.56. The van der Waals surface area contributed by atoms with Crippen molar-refractivity contribution in [2.75, 3.05) is 19.7 Å². The van der Waals surface area contributed by atoms with Crippen molar-refractivity contribution in [3.8, 4) is 16.9 Å². The Kier molecular flexibility index (Phi) is 11.3. The van der Waals surface area contributed by atoms with Gasteiger partial charge < -0.3 is 14.6 Å². The number of rotatable bonds is 11. The summed E-state index contributed by atoms with van der Waals surface area (Å²) in [5, 5.41) is 9.80. The Morgan fingerprint density at radius 1 is 1.06 bits per heavy atom. The van der Waals surface area contributed by atoms with E-state index in [0.717, 1.165) is 53.5 Å². The van der Waals surface area contributed by atoms with Crippen molar-refractivity contribution in [3.63, 3.8) is 0 Å². The number of unbranched alkanes of at least 4 members (excludes halogenated alkanes) is 1. The van der Waals surface area contributed by atoms with Gasteiger partial charge in [0.1, 0.15) is 5.75 Å². The molecule has 0 amide bonds. The predicted octanol–water partition coefficient (Wildman–Crippen LogP) is 9.45. The number of carboxylic acid groups (broad SMARTS) is 1. The zero-order valence-corrected chi connectivity index (χ0v) is 30.9. The van der Waals surface area contributed by atoms with Crippen LogP contribution < -0.4 is 4.74 Å². The zero-order chi connectivity index (χ0) is 35.6. The van der Waals surface area contributed by atoms with Crippen LogP contribution in [0, 0.1) is 11.3 Å². The standard InChI is InChI=1S/C40H50ClNO6S/c1-7-8-14-35-40(19-21-42(22-20-40)49(45,46)31-17-15-29(16-18-31)28-12-10-9-11-13-28)25-33(27(2)3)37(48-35)32-23-30(39(4,5)6)24-34(41)38(32)47-26-36(43)44/h9-13,15-18,23-24,33,35,37H,2,7-8,14,19-22,25-26H2,1,3-6H3,(H,43,44)/t33-,35+,37-/m0/s1. The Morgan fingerprint density at radius 2 is 1.69 bits per heavy atom. The van der Waals surface area contributed by atoms with Gasteiger partial charge in [-0.25, -0.2) is 13.2 Å². The molecule has 3 atom stereocenters. The Morgan fingerprint density at radius 3 is 2.27 bits per heavy atom. The number of hydrogen-bond acceptors (Lipinski definition) is 5. The SMILES string of the molecule is C=C(C)[C@@H]1CC2(CCN(S(=O)(=O)c3ccc(-c4ccccc4)cc3)CC2)[C@@H](CCCC)O[C@H]1c1cc(C(C)(C)C)cc(Cl)c1OCC(=O)O. The normalized spacial score (nSPS) is 21.4. The smallest absolute Gasteiger partial charge is 0.341 e. The van der Waals surface area contributed by atoms with E-state index in [-0.39, 0.29) is 22.9 Å². The topological polar surface area (TPSA) is 93.1 Å². The van der Waals surface area contributed by atoms with Crippen LogP contribution in [0.2, 0.25) is 5.02 Å². The minimum Gasteiger partial charge on any atom is -0.480 e. The number of benzene rings is 3. The number of carbonyl (C=O) groups is 1. The largest absolute Gasteiger partial charge is 0.480 e. The fourth-order valence-corrected chi connectivity index (χ4v) is 9.14. The molecule has 264 valence electrons. The number of piperidine rings is 1. The summed E-state index contributed by atoms with van der Waals surface area (Å²) in [5.41, 5.74) is 4.24. The quantitative estimate of drug-likeness (QED) is 0.200. The number of halogens is 1. The van der Waals surface area contributed by atoms with Crippen molar-refractivity contribution < 1.29 is 27.8 Å². The maximum Gasteiger partial charge on any atom is 0.341 e. The molecule has 0 aromatic heterocycles. The van der Waals surface area contributed by atoms with Crippen LogP contribution in [0.15, 0.2) is 83.8 Å². The third-order valence-electron chi connectivity index (χ3n) is 10.3. The second-order valence-corrected chi connectivity index (χ2v) is 17.2. The summed E-state index contributed by atoms with van der Waals surface area (Å²) in [6, 6.07) is 21.0. The first-order chi connectivity index (χ1) is 23.2. The Bertz CT molecular complexity index is 1740. The molecule has 1 spiro atoms. The molecule has 0 unspecified atom stereocenters. The van der Waals surface area contributed by atoms with Gasteiger partial charge in [0.15, 0.2) is 6.61 Å². The monoisotopic (exact) mass is 707 g/mol. The van der Waals surface area contributed by atoms with Gasteiger partial charge in [-0.1, -0.05) is 107 Å². The summed E-state index contributed by atoms with van der Waals surface area (Å²) in [5.74, 6) is -0.862. The van der Waals surface area contributed by atoms with Crippen molar-refractivity contribution in [2.45, 2.75) is 95.7 Å². The van der Waals surface area contributed by atoms with Gasteiger partial charge in [0, 0.05) is 24.6 Å². The van der Waals surface area contributed by atoms with Crippen LogP contribution in [-0.4, -0.2) is 49.6 Å². The number of hydrogen-bond donors (Lipinski definition) is 1. The predicted molar refractivity (Wildman–Crippen MR) is 196 cm³/mol. The number of sulfonamides is 1. The van der Waals surface area contributed by atoms with Crippen LogP contribution in [-0.2, 0) is 25.0 Å². The molecule has 0 bridgehead atoms. The van der Waals surface area contributed by atoms with Gasteiger partial charge in [-0.3, -0.25) is 0 Å². The van der Waals surface area contributed by atoms with Gasteiger partial charge in [-0.05, 0) is 84.4 Å². The lowest BCUT2D eigenvalue weighted by atomic mass is 9.63. The van der Waals surface area contributed by atoms with Crippen molar-refractivity contribution in [1.82, 2.24) is 4.31 Å².